The van der Waals surface area contributed by atoms with Gasteiger partial charge in [0.05, 0.1) is 11.9 Å². The quantitative estimate of drug-likeness (QED) is 0.762. The number of hydrogen-bond donors (Lipinski definition) is 1. The number of nitrogens with one attached hydrogen (secondary N) is 1. The fraction of sp³-hybridized carbons (Fsp3) is 0.438. The summed E-state index contributed by atoms with van der Waals surface area (Å²) >= 11 is 0. The van der Waals surface area contributed by atoms with Crippen molar-refractivity contribution in [3.05, 3.63) is 35.9 Å². The van der Waals surface area contributed by atoms with Crippen molar-refractivity contribution < 1.29 is 0 Å². The van der Waals surface area contributed by atoms with Gasteiger partial charge in [0.1, 0.15) is 11.6 Å². The average molecular weight is 324 g/mol. The number of nitrogens with zero attached hydrogens (tertiary/aromatic N) is 7. The van der Waals surface area contributed by atoms with Crippen LogP contribution in [0.25, 0.3) is 5.65 Å². The summed E-state index contributed by atoms with van der Waals surface area (Å²) in [6.45, 7) is 2.69. The number of hydrogen-bond acceptors (Lipinski definition) is 5. The Balaban J connectivity index is 1.43. The van der Waals surface area contributed by atoms with Gasteiger partial charge in [0.2, 0.25) is 0 Å². The molecule has 0 bridgehead atoms. The molecule has 0 aromatic carbocycles. The Morgan fingerprint density at radius 2 is 2.29 bits per heavy atom. The molecule has 1 N–H and O–H groups in total. The Kier molecular flexibility index (Phi) is 3.50. The molecule has 0 saturated carbocycles. The van der Waals surface area contributed by atoms with Crippen molar-refractivity contribution in [2.24, 2.45) is 14.1 Å². The van der Waals surface area contributed by atoms with E-state index in [2.05, 4.69) is 32.5 Å². The summed E-state index contributed by atoms with van der Waals surface area (Å²) in [4.78, 5) is 2.31. The highest BCUT2D eigenvalue weighted by atomic mass is 15.3. The molecule has 1 aliphatic heterocycles. The van der Waals surface area contributed by atoms with Crippen molar-refractivity contribution in [2.75, 3.05) is 18.0 Å². The molecule has 3 aromatic heterocycles. The molecule has 0 radical (unpaired) electrons. The lowest BCUT2D eigenvalue weighted by molar-refractivity contribution is 0.540. The molecule has 24 heavy (non-hydrogen) atoms. The predicted octanol–water partition coefficient (Wildman–Crippen LogP) is 0.646. The summed E-state index contributed by atoms with van der Waals surface area (Å²) in [6.07, 6.45) is 6.72. The number of anilines is 1. The molecule has 1 atom stereocenters. The fourth-order valence-corrected chi connectivity index (χ4v) is 3.39. The van der Waals surface area contributed by atoms with Crippen LogP contribution in [0.5, 0.6) is 0 Å². The van der Waals surface area contributed by atoms with E-state index in [0.29, 0.717) is 11.6 Å². The van der Waals surface area contributed by atoms with Crippen molar-refractivity contribution >= 4 is 11.5 Å². The average Bonchev–Trinajstić information content (AvgIpc) is 3.31. The van der Waals surface area contributed by atoms with Crippen molar-refractivity contribution in [1.29, 1.82) is 5.26 Å². The summed E-state index contributed by atoms with van der Waals surface area (Å²) < 4.78 is 5.63. The number of rotatable bonds is 4. The van der Waals surface area contributed by atoms with Gasteiger partial charge in [0.25, 0.3) is 0 Å². The first-order chi connectivity index (χ1) is 11.7. The van der Waals surface area contributed by atoms with E-state index < -0.39 is 0 Å². The molecule has 4 heterocycles. The first-order valence-electron chi connectivity index (χ1n) is 8.05. The monoisotopic (exact) mass is 324 g/mol. The van der Waals surface area contributed by atoms with Crippen LogP contribution in [0.15, 0.2) is 24.7 Å². The second-order valence-corrected chi connectivity index (χ2v) is 6.30. The van der Waals surface area contributed by atoms with Gasteiger partial charge in [0.15, 0.2) is 11.5 Å². The van der Waals surface area contributed by atoms with Crippen molar-refractivity contribution in [1.82, 2.24) is 29.3 Å². The summed E-state index contributed by atoms with van der Waals surface area (Å²) in [6, 6.07) is 4.66. The molecular weight excluding hydrogens is 304 g/mol. The van der Waals surface area contributed by atoms with Crippen LogP contribution >= 0.6 is 0 Å². The number of nitriles is 1. The summed E-state index contributed by atoms with van der Waals surface area (Å²) in [7, 11) is 3.88. The lowest BCUT2D eigenvalue weighted by atomic mass is 10.2. The number of aryl methyl sites for hydroxylation is 2. The third-order valence-electron chi connectivity index (χ3n) is 4.60. The van der Waals surface area contributed by atoms with E-state index in [0.717, 1.165) is 43.2 Å². The van der Waals surface area contributed by atoms with Gasteiger partial charge in [-0.3, -0.25) is 4.68 Å². The maximum atomic E-state index is 9.15. The lowest BCUT2D eigenvalue weighted by Gasteiger charge is -2.16. The third-order valence-corrected chi connectivity index (χ3v) is 4.60. The lowest BCUT2D eigenvalue weighted by Crippen LogP contribution is -2.32. The van der Waals surface area contributed by atoms with Gasteiger partial charge in [-0.15, -0.1) is 0 Å². The van der Waals surface area contributed by atoms with E-state index in [9.17, 15) is 0 Å². The van der Waals surface area contributed by atoms with Gasteiger partial charge in [-0.05, 0) is 6.42 Å². The molecule has 0 spiro atoms. The molecular formula is C16H20N8. The second kappa shape index (κ2) is 5.69. The minimum Gasteiger partial charge on any atom is -0.354 e. The number of imidazole rings is 1. The van der Waals surface area contributed by atoms with Crippen molar-refractivity contribution in [3.63, 3.8) is 0 Å². The highest BCUT2D eigenvalue weighted by molar-refractivity contribution is 5.56. The highest BCUT2D eigenvalue weighted by Crippen LogP contribution is 2.19. The van der Waals surface area contributed by atoms with Gasteiger partial charge < -0.3 is 14.8 Å². The molecule has 0 aliphatic carbocycles. The maximum Gasteiger partial charge on any atom is 0.153 e. The van der Waals surface area contributed by atoms with E-state index in [-0.39, 0.29) is 0 Å². The Morgan fingerprint density at radius 1 is 1.42 bits per heavy atom. The van der Waals surface area contributed by atoms with Crippen molar-refractivity contribution in [2.45, 2.75) is 19.0 Å². The SMILES string of the molecule is Cn1ccc(N2CCC(NCc3cn(C)c4c(C#N)cnn34)C2)n1. The largest absolute Gasteiger partial charge is 0.354 e. The molecule has 1 aliphatic rings. The van der Waals surface area contributed by atoms with Crippen LogP contribution in [0.4, 0.5) is 5.82 Å². The maximum absolute atomic E-state index is 9.15. The Hall–Kier alpha value is -2.79. The van der Waals surface area contributed by atoms with E-state index in [1.807, 2.05) is 40.3 Å². The molecule has 0 amide bonds. The summed E-state index contributed by atoms with van der Waals surface area (Å²) in [5, 5.41) is 21.6. The molecule has 1 fully saturated rings. The molecule has 4 rings (SSSR count). The van der Waals surface area contributed by atoms with E-state index in [4.69, 9.17) is 5.26 Å². The van der Waals surface area contributed by atoms with Crippen LogP contribution in [0.1, 0.15) is 17.7 Å². The number of fused-ring (bicyclic) bond motifs is 1. The number of aromatic nitrogens is 5. The van der Waals surface area contributed by atoms with Gasteiger partial charge in [-0.25, -0.2) is 4.52 Å². The Labute approximate surface area is 139 Å². The minimum atomic E-state index is 0.424. The summed E-state index contributed by atoms with van der Waals surface area (Å²) in [5.41, 5.74) is 2.51. The van der Waals surface area contributed by atoms with Crippen LogP contribution in [0, 0.1) is 11.3 Å². The second-order valence-electron chi connectivity index (χ2n) is 6.30. The van der Waals surface area contributed by atoms with Crippen LogP contribution in [0.2, 0.25) is 0 Å². The fourth-order valence-electron chi connectivity index (χ4n) is 3.39. The van der Waals surface area contributed by atoms with Gasteiger partial charge in [-0.1, -0.05) is 0 Å². The summed E-state index contributed by atoms with van der Waals surface area (Å²) in [5.74, 6) is 1.04. The molecule has 8 heteroatoms. The van der Waals surface area contributed by atoms with Crippen LogP contribution in [-0.2, 0) is 20.6 Å². The predicted molar refractivity (Wildman–Crippen MR) is 89.5 cm³/mol. The molecule has 124 valence electrons. The standard InChI is InChI=1S/C16H20N8/c1-21-11-14(24-16(21)12(7-17)8-19-24)9-18-13-3-6-23(10-13)15-4-5-22(2)20-15/h4-5,8,11,13,18H,3,6,9-10H2,1-2H3. The van der Waals surface area contributed by atoms with Crippen LogP contribution in [0.3, 0.4) is 0 Å². The molecule has 8 nitrogen and oxygen atoms in total. The third kappa shape index (κ3) is 2.43. The zero-order valence-electron chi connectivity index (χ0n) is 13.8. The van der Waals surface area contributed by atoms with Crippen LogP contribution in [-0.4, -0.2) is 43.1 Å². The normalized spacial score (nSPS) is 17.7. The van der Waals surface area contributed by atoms with Crippen molar-refractivity contribution in [3.8, 4) is 6.07 Å². The molecule has 1 saturated heterocycles. The molecule has 3 aromatic rings. The molecule has 1 unspecified atom stereocenters. The van der Waals surface area contributed by atoms with Gasteiger partial charge in [0, 0.05) is 58.2 Å². The first kappa shape index (κ1) is 14.8. The van der Waals surface area contributed by atoms with Crippen LogP contribution < -0.4 is 10.2 Å². The van der Waals surface area contributed by atoms with Gasteiger partial charge in [-0.2, -0.15) is 15.5 Å². The van der Waals surface area contributed by atoms with E-state index in [1.54, 1.807) is 6.20 Å². The van der Waals surface area contributed by atoms with Gasteiger partial charge >= 0.3 is 0 Å². The highest BCUT2D eigenvalue weighted by Gasteiger charge is 2.24. The van der Waals surface area contributed by atoms with E-state index >= 15 is 0 Å². The Morgan fingerprint density at radius 3 is 3.04 bits per heavy atom. The Bertz CT molecular complexity index is 908. The zero-order chi connectivity index (χ0) is 16.7. The van der Waals surface area contributed by atoms with E-state index in [1.165, 1.54) is 0 Å². The zero-order valence-corrected chi connectivity index (χ0v) is 13.8. The first-order valence-corrected chi connectivity index (χ1v) is 8.05. The minimum absolute atomic E-state index is 0.424. The smallest absolute Gasteiger partial charge is 0.153 e. The topological polar surface area (TPSA) is 79.1 Å².